The van der Waals surface area contributed by atoms with Crippen molar-refractivity contribution in [2.24, 2.45) is 0 Å². The molecular formula is C24H21FN2O4S. The van der Waals surface area contributed by atoms with Gasteiger partial charge in [-0.3, -0.25) is 9.52 Å². The number of terminal acetylenes is 1. The molecule has 3 aromatic carbocycles. The molecule has 0 bridgehead atoms. The highest BCUT2D eigenvalue weighted by Crippen LogP contribution is 2.17. The van der Waals surface area contributed by atoms with Crippen LogP contribution in [0.15, 0.2) is 77.7 Å². The van der Waals surface area contributed by atoms with Gasteiger partial charge in [-0.25, -0.2) is 12.8 Å². The molecule has 164 valence electrons. The summed E-state index contributed by atoms with van der Waals surface area (Å²) in [7, 11) is -3.86. The number of benzene rings is 3. The smallest absolute Gasteiger partial charge is 0.261 e. The Hall–Kier alpha value is -3.83. The van der Waals surface area contributed by atoms with Crippen LogP contribution in [-0.4, -0.2) is 27.5 Å². The Morgan fingerprint density at radius 2 is 1.62 bits per heavy atom. The van der Waals surface area contributed by atoms with Crippen molar-refractivity contribution in [3.8, 4) is 18.1 Å². The highest BCUT2D eigenvalue weighted by molar-refractivity contribution is 7.92. The van der Waals surface area contributed by atoms with Gasteiger partial charge >= 0.3 is 0 Å². The van der Waals surface area contributed by atoms with E-state index in [1.165, 1.54) is 36.4 Å². The van der Waals surface area contributed by atoms with Crippen LogP contribution in [0.4, 0.5) is 10.1 Å². The van der Waals surface area contributed by atoms with Crippen molar-refractivity contribution >= 4 is 21.6 Å². The molecule has 0 fully saturated rings. The first-order chi connectivity index (χ1) is 15.4. The Morgan fingerprint density at radius 3 is 2.25 bits per heavy atom. The summed E-state index contributed by atoms with van der Waals surface area (Å²) < 4.78 is 45.6. The third-order valence-electron chi connectivity index (χ3n) is 4.47. The van der Waals surface area contributed by atoms with Gasteiger partial charge in [0, 0.05) is 17.8 Å². The number of hydrogen-bond donors (Lipinski definition) is 2. The number of hydrogen-bond acceptors (Lipinski definition) is 4. The molecule has 0 aromatic heterocycles. The maximum atomic E-state index is 13.0. The van der Waals surface area contributed by atoms with Crippen LogP contribution in [0.1, 0.15) is 15.9 Å². The Balaban J connectivity index is 1.53. The topological polar surface area (TPSA) is 84.5 Å². The van der Waals surface area contributed by atoms with Crippen molar-refractivity contribution in [2.75, 3.05) is 17.9 Å². The molecular weight excluding hydrogens is 431 g/mol. The monoisotopic (exact) mass is 452 g/mol. The zero-order valence-electron chi connectivity index (χ0n) is 17.0. The lowest BCUT2D eigenvalue weighted by Gasteiger charge is -2.09. The fraction of sp³-hybridized carbons (Fsp3) is 0.125. The highest BCUT2D eigenvalue weighted by atomic mass is 32.2. The number of halogens is 1. The zero-order valence-corrected chi connectivity index (χ0v) is 17.9. The lowest BCUT2D eigenvalue weighted by molar-refractivity contribution is 0.0954. The van der Waals surface area contributed by atoms with Gasteiger partial charge in [-0.1, -0.05) is 18.1 Å². The molecule has 0 aliphatic carbocycles. The van der Waals surface area contributed by atoms with Gasteiger partial charge in [-0.15, -0.1) is 6.42 Å². The van der Waals surface area contributed by atoms with Crippen LogP contribution in [-0.2, 0) is 16.4 Å². The number of rotatable bonds is 9. The van der Waals surface area contributed by atoms with Gasteiger partial charge < -0.3 is 10.1 Å². The normalized spacial score (nSPS) is 10.8. The quantitative estimate of drug-likeness (QED) is 0.486. The Kier molecular flexibility index (Phi) is 7.47. The summed E-state index contributed by atoms with van der Waals surface area (Å²) >= 11 is 0. The summed E-state index contributed by atoms with van der Waals surface area (Å²) in [4.78, 5) is 12.3. The third-order valence-corrected chi connectivity index (χ3v) is 5.87. The van der Waals surface area contributed by atoms with Crippen LogP contribution < -0.4 is 14.8 Å². The second-order valence-electron chi connectivity index (χ2n) is 6.78. The largest absolute Gasteiger partial charge is 0.481 e. The number of ether oxygens (including phenoxy) is 1. The van der Waals surface area contributed by atoms with Crippen molar-refractivity contribution in [3.63, 3.8) is 0 Å². The van der Waals surface area contributed by atoms with Crippen LogP contribution in [0, 0.1) is 18.2 Å². The van der Waals surface area contributed by atoms with Gasteiger partial charge in [0.2, 0.25) is 0 Å². The van der Waals surface area contributed by atoms with Crippen LogP contribution >= 0.6 is 0 Å². The Morgan fingerprint density at radius 1 is 0.969 bits per heavy atom. The number of anilines is 1. The summed E-state index contributed by atoms with van der Waals surface area (Å²) in [5.74, 6) is 2.30. The minimum Gasteiger partial charge on any atom is -0.481 e. The Bertz CT molecular complexity index is 1200. The maximum absolute atomic E-state index is 13.0. The SMILES string of the molecule is C#CCOc1ccc(CCNC(=O)c2ccc(S(=O)(=O)Nc3ccc(F)cc3)cc2)cc1. The minimum atomic E-state index is -3.86. The molecule has 32 heavy (non-hydrogen) atoms. The van der Waals surface area contributed by atoms with Gasteiger partial charge in [-0.05, 0) is 72.6 Å². The van der Waals surface area contributed by atoms with E-state index in [-0.39, 0.29) is 23.1 Å². The van der Waals surface area contributed by atoms with Gasteiger partial charge in [0.05, 0.1) is 4.90 Å². The minimum absolute atomic E-state index is 0.00878. The van der Waals surface area contributed by atoms with E-state index in [9.17, 15) is 17.6 Å². The van der Waals surface area contributed by atoms with Crippen LogP contribution in [0.5, 0.6) is 5.75 Å². The first-order valence-electron chi connectivity index (χ1n) is 9.69. The van der Waals surface area contributed by atoms with Crippen molar-refractivity contribution in [1.29, 1.82) is 0 Å². The fourth-order valence-electron chi connectivity index (χ4n) is 2.82. The number of carbonyl (C=O) groups is 1. The van der Waals surface area contributed by atoms with E-state index in [1.807, 2.05) is 24.3 Å². The standard InChI is InChI=1S/C24H21FN2O4S/c1-2-17-31-22-11-3-18(4-12-22)15-16-26-24(28)19-5-13-23(14-6-19)32(29,30)27-21-9-7-20(25)8-10-21/h1,3-14,27H,15-17H2,(H,26,28). The molecule has 8 heteroatoms. The van der Waals surface area contributed by atoms with E-state index >= 15 is 0 Å². The van der Waals surface area contributed by atoms with E-state index in [1.54, 1.807) is 0 Å². The molecule has 0 spiro atoms. The number of nitrogens with one attached hydrogen (secondary N) is 2. The fourth-order valence-corrected chi connectivity index (χ4v) is 3.88. The van der Waals surface area contributed by atoms with Crippen LogP contribution in [0.3, 0.4) is 0 Å². The second kappa shape index (κ2) is 10.5. The third kappa shape index (κ3) is 6.33. The van der Waals surface area contributed by atoms with Crippen molar-refractivity contribution in [3.05, 3.63) is 89.7 Å². The summed E-state index contributed by atoms with van der Waals surface area (Å²) in [5, 5.41) is 2.80. The second-order valence-corrected chi connectivity index (χ2v) is 8.46. The molecule has 3 rings (SSSR count). The highest BCUT2D eigenvalue weighted by Gasteiger charge is 2.15. The first-order valence-corrected chi connectivity index (χ1v) is 11.2. The lowest BCUT2D eigenvalue weighted by atomic mass is 10.1. The average Bonchev–Trinajstić information content (AvgIpc) is 2.80. The summed E-state index contributed by atoms with van der Waals surface area (Å²) in [6.07, 6.45) is 5.77. The lowest BCUT2D eigenvalue weighted by Crippen LogP contribution is -2.25. The van der Waals surface area contributed by atoms with Gasteiger partial charge in [-0.2, -0.15) is 0 Å². The molecule has 0 unspecified atom stereocenters. The summed E-state index contributed by atoms with van der Waals surface area (Å²) in [6, 6.07) is 17.9. The summed E-state index contributed by atoms with van der Waals surface area (Å²) in [6.45, 7) is 0.618. The molecule has 0 saturated carbocycles. The molecule has 1 amide bonds. The van der Waals surface area contributed by atoms with Crippen LogP contribution in [0.25, 0.3) is 0 Å². The molecule has 0 aliphatic heterocycles. The predicted octanol–water partition coefficient (Wildman–Crippen LogP) is 3.61. The van der Waals surface area contributed by atoms with Crippen molar-refractivity contribution < 1.29 is 22.3 Å². The van der Waals surface area contributed by atoms with E-state index in [0.717, 1.165) is 17.7 Å². The molecule has 2 N–H and O–H groups in total. The maximum Gasteiger partial charge on any atom is 0.261 e. The zero-order chi connectivity index (χ0) is 23.0. The van der Waals surface area contributed by atoms with Crippen LogP contribution in [0.2, 0.25) is 0 Å². The number of amides is 1. The molecule has 6 nitrogen and oxygen atoms in total. The molecule has 0 saturated heterocycles. The van der Waals surface area contributed by atoms with E-state index in [4.69, 9.17) is 11.2 Å². The molecule has 3 aromatic rings. The number of sulfonamides is 1. The van der Waals surface area contributed by atoms with E-state index in [2.05, 4.69) is 16.0 Å². The average molecular weight is 453 g/mol. The van der Waals surface area contributed by atoms with Gasteiger partial charge in [0.25, 0.3) is 15.9 Å². The van der Waals surface area contributed by atoms with Gasteiger partial charge in [0.1, 0.15) is 18.2 Å². The van der Waals surface area contributed by atoms with Crippen molar-refractivity contribution in [2.45, 2.75) is 11.3 Å². The molecule has 0 heterocycles. The first kappa shape index (κ1) is 22.8. The number of carbonyl (C=O) groups excluding carboxylic acids is 1. The van der Waals surface area contributed by atoms with E-state index in [0.29, 0.717) is 24.3 Å². The summed E-state index contributed by atoms with van der Waals surface area (Å²) in [5.41, 5.74) is 1.60. The molecule has 0 radical (unpaired) electrons. The van der Waals surface area contributed by atoms with Gasteiger partial charge in [0.15, 0.2) is 0 Å². The van der Waals surface area contributed by atoms with Crippen molar-refractivity contribution in [1.82, 2.24) is 5.32 Å². The molecule has 0 atom stereocenters. The molecule has 0 aliphatic rings. The predicted molar refractivity (Wildman–Crippen MR) is 120 cm³/mol. The Labute approximate surface area is 186 Å². The van der Waals surface area contributed by atoms with E-state index < -0.39 is 15.8 Å².